The van der Waals surface area contributed by atoms with Crippen molar-refractivity contribution in [2.24, 2.45) is 0 Å². The van der Waals surface area contributed by atoms with E-state index in [1.165, 1.54) is 0 Å². The largest absolute Gasteiger partial charge is 0.383 e. The lowest BCUT2D eigenvalue weighted by atomic mass is 10.0. The number of carbonyl (C=O) groups is 1. The molecule has 3 nitrogen and oxygen atoms in total. The van der Waals surface area contributed by atoms with E-state index in [4.69, 9.17) is 9.84 Å². The van der Waals surface area contributed by atoms with Gasteiger partial charge in [0.05, 0.1) is 12.2 Å². The lowest BCUT2D eigenvalue weighted by Gasteiger charge is -2.28. The van der Waals surface area contributed by atoms with E-state index in [1.807, 2.05) is 6.92 Å². The molecule has 0 aliphatic carbocycles. The van der Waals surface area contributed by atoms with Crippen molar-refractivity contribution in [1.29, 1.82) is 0 Å². The number of ketones is 1. The molecule has 0 aromatic carbocycles. The summed E-state index contributed by atoms with van der Waals surface area (Å²) in [7, 11) is 0. The van der Waals surface area contributed by atoms with Crippen molar-refractivity contribution < 1.29 is 14.6 Å². The van der Waals surface area contributed by atoms with Gasteiger partial charge in [-0.15, -0.1) is 0 Å². The second kappa shape index (κ2) is 2.68. The van der Waals surface area contributed by atoms with Crippen molar-refractivity contribution in [2.45, 2.75) is 38.6 Å². The molecule has 1 rings (SSSR count). The van der Waals surface area contributed by atoms with E-state index in [2.05, 4.69) is 0 Å². The van der Waals surface area contributed by atoms with Crippen LogP contribution in [-0.2, 0) is 9.53 Å². The number of hydrogen-bond acceptors (Lipinski definition) is 3. The van der Waals surface area contributed by atoms with Gasteiger partial charge in [0.15, 0.2) is 5.78 Å². The minimum absolute atomic E-state index is 0.0362. The van der Waals surface area contributed by atoms with Crippen LogP contribution in [0, 0.1) is 0 Å². The Morgan fingerprint density at radius 3 is 2.70 bits per heavy atom. The molecule has 1 fully saturated rings. The Kier molecular flexibility index (Phi) is 2.06. The minimum atomic E-state index is -0.906. The van der Waals surface area contributed by atoms with E-state index in [-0.39, 0.29) is 18.0 Å². The quantitative estimate of drug-likeness (QED) is 0.525. The van der Waals surface area contributed by atoms with Crippen molar-refractivity contribution in [3.05, 3.63) is 0 Å². The minimum Gasteiger partial charge on any atom is -0.383 e. The van der Waals surface area contributed by atoms with Gasteiger partial charge < -0.3 is 9.84 Å². The highest BCUT2D eigenvalue weighted by atomic mass is 16.5. The summed E-state index contributed by atoms with van der Waals surface area (Å²) in [6.45, 7) is 3.54. The molecule has 1 heterocycles. The second-order valence-electron chi connectivity index (χ2n) is 2.77. The van der Waals surface area contributed by atoms with Crippen LogP contribution in [0.1, 0.15) is 20.3 Å². The standard InChI is InChI=1S/C7H12O3/c1-4-3-6(8)7(9)5(2)10-4/h4-5,7,9H,3H2,1-2H3/t4-,5+,7+/m1/s1. The highest BCUT2D eigenvalue weighted by molar-refractivity contribution is 5.84. The van der Waals surface area contributed by atoms with Crippen LogP contribution in [-0.4, -0.2) is 29.2 Å². The fraction of sp³-hybridized carbons (Fsp3) is 0.857. The average Bonchev–Trinajstić information content (AvgIpc) is 1.82. The van der Waals surface area contributed by atoms with Gasteiger partial charge in [0, 0.05) is 6.42 Å². The number of carbonyl (C=O) groups excluding carboxylic acids is 1. The smallest absolute Gasteiger partial charge is 0.166 e. The van der Waals surface area contributed by atoms with Crippen LogP contribution in [0.25, 0.3) is 0 Å². The summed E-state index contributed by atoms with van der Waals surface area (Å²) in [4.78, 5) is 10.9. The molecule has 1 aliphatic rings. The number of hydrogen-bond donors (Lipinski definition) is 1. The molecule has 3 atom stereocenters. The summed E-state index contributed by atoms with van der Waals surface area (Å²) in [5, 5.41) is 9.09. The average molecular weight is 144 g/mol. The van der Waals surface area contributed by atoms with E-state index in [1.54, 1.807) is 6.92 Å². The fourth-order valence-electron chi connectivity index (χ4n) is 1.15. The van der Waals surface area contributed by atoms with Gasteiger partial charge in [-0.3, -0.25) is 4.79 Å². The molecule has 0 unspecified atom stereocenters. The van der Waals surface area contributed by atoms with Gasteiger partial charge in [0.1, 0.15) is 6.10 Å². The maximum absolute atomic E-state index is 10.9. The molecule has 10 heavy (non-hydrogen) atoms. The molecular formula is C7H12O3. The van der Waals surface area contributed by atoms with E-state index in [0.29, 0.717) is 6.42 Å². The van der Waals surface area contributed by atoms with Crippen molar-refractivity contribution in [3.63, 3.8) is 0 Å². The maximum atomic E-state index is 10.9. The molecule has 0 amide bonds. The first-order valence-corrected chi connectivity index (χ1v) is 3.47. The third kappa shape index (κ3) is 1.36. The third-order valence-corrected chi connectivity index (χ3v) is 1.71. The Morgan fingerprint density at radius 2 is 2.20 bits per heavy atom. The first-order chi connectivity index (χ1) is 4.61. The highest BCUT2D eigenvalue weighted by Crippen LogP contribution is 2.15. The monoisotopic (exact) mass is 144 g/mol. The predicted molar refractivity (Wildman–Crippen MR) is 35.6 cm³/mol. The van der Waals surface area contributed by atoms with E-state index in [0.717, 1.165) is 0 Å². The zero-order valence-electron chi connectivity index (χ0n) is 6.20. The van der Waals surface area contributed by atoms with Crippen LogP contribution in [0.4, 0.5) is 0 Å². The number of ether oxygens (including phenoxy) is 1. The Morgan fingerprint density at radius 1 is 1.60 bits per heavy atom. The van der Waals surface area contributed by atoms with E-state index in [9.17, 15) is 4.79 Å². The Labute approximate surface area is 60.0 Å². The van der Waals surface area contributed by atoms with Crippen LogP contribution in [0.15, 0.2) is 0 Å². The third-order valence-electron chi connectivity index (χ3n) is 1.71. The van der Waals surface area contributed by atoms with Crippen LogP contribution >= 0.6 is 0 Å². The Hall–Kier alpha value is -0.410. The first kappa shape index (κ1) is 7.69. The van der Waals surface area contributed by atoms with Crippen molar-refractivity contribution in [2.75, 3.05) is 0 Å². The topological polar surface area (TPSA) is 46.5 Å². The normalized spacial score (nSPS) is 41.9. The highest BCUT2D eigenvalue weighted by Gasteiger charge is 2.30. The molecular weight excluding hydrogens is 132 g/mol. The summed E-state index contributed by atoms with van der Waals surface area (Å²) in [6.07, 6.45) is -0.941. The van der Waals surface area contributed by atoms with Crippen molar-refractivity contribution >= 4 is 5.78 Å². The fourth-order valence-corrected chi connectivity index (χ4v) is 1.15. The SMILES string of the molecule is C[C@@H]1CC(=O)[C@@H](O)[C@H](C)O1. The zero-order chi connectivity index (χ0) is 7.72. The van der Waals surface area contributed by atoms with E-state index < -0.39 is 6.10 Å². The van der Waals surface area contributed by atoms with Gasteiger partial charge >= 0.3 is 0 Å². The summed E-state index contributed by atoms with van der Waals surface area (Å²) in [5.41, 5.74) is 0. The molecule has 0 aromatic rings. The van der Waals surface area contributed by atoms with Crippen molar-refractivity contribution in [3.8, 4) is 0 Å². The molecule has 1 aliphatic heterocycles. The van der Waals surface area contributed by atoms with Gasteiger partial charge in [0.2, 0.25) is 0 Å². The number of aliphatic hydroxyl groups excluding tert-OH is 1. The maximum Gasteiger partial charge on any atom is 0.166 e. The summed E-state index contributed by atoms with van der Waals surface area (Å²) in [5.74, 6) is -0.105. The molecule has 0 bridgehead atoms. The van der Waals surface area contributed by atoms with Gasteiger partial charge in [-0.05, 0) is 13.8 Å². The molecule has 1 saturated heterocycles. The Balaban J connectivity index is 2.57. The van der Waals surface area contributed by atoms with Crippen LogP contribution in [0.5, 0.6) is 0 Å². The zero-order valence-corrected chi connectivity index (χ0v) is 6.20. The van der Waals surface area contributed by atoms with E-state index >= 15 is 0 Å². The molecule has 0 radical (unpaired) electrons. The number of aliphatic hydroxyl groups is 1. The molecule has 0 saturated carbocycles. The lowest BCUT2D eigenvalue weighted by Crippen LogP contribution is -2.42. The van der Waals surface area contributed by atoms with Gasteiger partial charge in [-0.2, -0.15) is 0 Å². The lowest BCUT2D eigenvalue weighted by molar-refractivity contribution is -0.153. The number of Topliss-reactive ketones (excluding diaryl/α,β-unsaturated/α-hetero) is 1. The summed E-state index contributed by atoms with van der Waals surface area (Å²) < 4.78 is 5.20. The van der Waals surface area contributed by atoms with Crippen LogP contribution in [0.2, 0.25) is 0 Å². The molecule has 0 aromatic heterocycles. The predicted octanol–water partition coefficient (Wildman–Crippen LogP) is 0.114. The molecule has 0 spiro atoms. The van der Waals surface area contributed by atoms with Crippen LogP contribution in [0.3, 0.4) is 0 Å². The van der Waals surface area contributed by atoms with Gasteiger partial charge in [-0.1, -0.05) is 0 Å². The first-order valence-electron chi connectivity index (χ1n) is 3.47. The Bertz CT molecular complexity index is 144. The van der Waals surface area contributed by atoms with Gasteiger partial charge in [0.25, 0.3) is 0 Å². The second-order valence-corrected chi connectivity index (χ2v) is 2.77. The van der Waals surface area contributed by atoms with Gasteiger partial charge in [-0.25, -0.2) is 0 Å². The van der Waals surface area contributed by atoms with Crippen molar-refractivity contribution in [1.82, 2.24) is 0 Å². The summed E-state index contributed by atoms with van der Waals surface area (Å²) >= 11 is 0. The van der Waals surface area contributed by atoms with Crippen LogP contribution < -0.4 is 0 Å². The molecule has 58 valence electrons. The molecule has 1 N–H and O–H groups in total. The number of rotatable bonds is 0. The summed E-state index contributed by atoms with van der Waals surface area (Å²) in [6, 6.07) is 0. The molecule has 3 heteroatoms.